The number of nitrogens with one attached hydrogen (secondary N) is 1. The van der Waals surface area contributed by atoms with Crippen molar-refractivity contribution in [1.29, 1.82) is 0 Å². The van der Waals surface area contributed by atoms with Crippen LogP contribution < -0.4 is 19.7 Å². The van der Waals surface area contributed by atoms with E-state index in [1.807, 2.05) is 13.8 Å². The second-order valence-electron chi connectivity index (χ2n) is 8.05. The van der Waals surface area contributed by atoms with E-state index in [4.69, 9.17) is 9.47 Å². The zero-order valence-corrected chi connectivity index (χ0v) is 19.4. The van der Waals surface area contributed by atoms with Crippen LogP contribution in [0.2, 0.25) is 0 Å². The number of nitrogens with zero attached hydrogens (tertiary/aromatic N) is 1. The second-order valence-corrected chi connectivity index (χ2v) is 8.05. The smallest absolute Gasteiger partial charge is 0.335 e. The standard InChI is InChI=1S/C27H23FN2O5/c1-16-4-10-21(12-17(16)2)30-26(32)22(25(31)29-27(30)33)13-19-7-11-23(24(14-19)34-3)35-15-18-5-8-20(28)9-6-18/h4-14H,15H2,1-3H3,(H,29,31,33)/b22-13+. The minimum atomic E-state index is -0.803. The molecule has 178 valence electrons. The van der Waals surface area contributed by atoms with Gasteiger partial charge >= 0.3 is 6.03 Å². The first-order chi connectivity index (χ1) is 16.8. The van der Waals surface area contributed by atoms with Crippen LogP contribution in [0.1, 0.15) is 22.3 Å². The molecule has 1 aliphatic heterocycles. The first kappa shape index (κ1) is 23.7. The maximum Gasteiger partial charge on any atom is 0.335 e. The molecule has 7 nitrogen and oxygen atoms in total. The van der Waals surface area contributed by atoms with Crippen molar-refractivity contribution in [2.24, 2.45) is 0 Å². The molecule has 3 aromatic rings. The third-order valence-corrected chi connectivity index (χ3v) is 5.66. The Morgan fingerprint density at radius 2 is 1.66 bits per heavy atom. The highest BCUT2D eigenvalue weighted by Crippen LogP contribution is 2.31. The number of halogens is 1. The lowest BCUT2D eigenvalue weighted by molar-refractivity contribution is -0.122. The fourth-order valence-corrected chi connectivity index (χ4v) is 3.56. The molecule has 3 aromatic carbocycles. The van der Waals surface area contributed by atoms with Crippen molar-refractivity contribution in [1.82, 2.24) is 5.32 Å². The van der Waals surface area contributed by atoms with Crippen LogP contribution in [-0.4, -0.2) is 25.0 Å². The van der Waals surface area contributed by atoms with Crippen LogP contribution in [0.5, 0.6) is 11.5 Å². The Bertz CT molecular complexity index is 1350. The minimum Gasteiger partial charge on any atom is -0.493 e. The average molecular weight is 474 g/mol. The largest absolute Gasteiger partial charge is 0.493 e. The van der Waals surface area contributed by atoms with Gasteiger partial charge < -0.3 is 9.47 Å². The van der Waals surface area contributed by atoms with Gasteiger partial charge in [0.25, 0.3) is 11.8 Å². The van der Waals surface area contributed by atoms with E-state index in [9.17, 15) is 18.8 Å². The fraction of sp³-hybridized carbons (Fsp3) is 0.148. The SMILES string of the molecule is COc1cc(/C=C2\C(=O)NC(=O)N(c3ccc(C)c(C)c3)C2=O)ccc1OCc1ccc(F)cc1. The summed E-state index contributed by atoms with van der Waals surface area (Å²) in [5.41, 5.74) is 3.39. The molecule has 0 unspecified atom stereocenters. The number of urea groups is 1. The van der Waals surface area contributed by atoms with E-state index in [-0.39, 0.29) is 18.0 Å². The van der Waals surface area contributed by atoms with E-state index >= 15 is 0 Å². The molecule has 0 aromatic heterocycles. The zero-order valence-electron chi connectivity index (χ0n) is 19.4. The number of benzene rings is 3. The van der Waals surface area contributed by atoms with Crippen molar-refractivity contribution < 1.29 is 28.2 Å². The first-order valence-corrected chi connectivity index (χ1v) is 10.8. The number of hydrogen-bond acceptors (Lipinski definition) is 5. The normalized spacial score (nSPS) is 14.8. The molecule has 1 saturated heterocycles. The summed E-state index contributed by atoms with van der Waals surface area (Å²) < 4.78 is 24.3. The molecule has 1 N–H and O–H groups in total. The maximum absolute atomic E-state index is 13.1. The zero-order chi connectivity index (χ0) is 25.1. The number of carbonyl (C=O) groups is 3. The summed E-state index contributed by atoms with van der Waals surface area (Å²) >= 11 is 0. The van der Waals surface area contributed by atoms with Gasteiger partial charge in [0.2, 0.25) is 0 Å². The Morgan fingerprint density at radius 3 is 2.34 bits per heavy atom. The highest BCUT2D eigenvalue weighted by molar-refractivity contribution is 6.39. The van der Waals surface area contributed by atoms with E-state index in [0.717, 1.165) is 21.6 Å². The van der Waals surface area contributed by atoms with Gasteiger partial charge in [-0.1, -0.05) is 24.3 Å². The van der Waals surface area contributed by atoms with E-state index < -0.39 is 17.8 Å². The minimum absolute atomic E-state index is 0.190. The van der Waals surface area contributed by atoms with Crippen molar-refractivity contribution in [2.45, 2.75) is 20.5 Å². The summed E-state index contributed by atoms with van der Waals surface area (Å²) in [4.78, 5) is 39.0. The highest BCUT2D eigenvalue weighted by atomic mass is 19.1. The Morgan fingerprint density at radius 1 is 0.914 bits per heavy atom. The number of methoxy groups -OCH3 is 1. The summed E-state index contributed by atoms with van der Waals surface area (Å²) in [6, 6.07) is 15.2. The number of carbonyl (C=O) groups excluding carboxylic acids is 3. The quantitative estimate of drug-likeness (QED) is 0.414. The van der Waals surface area contributed by atoms with Crippen molar-refractivity contribution >= 4 is 29.6 Å². The number of ether oxygens (including phenoxy) is 2. The third kappa shape index (κ3) is 5.06. The summed E-state index contributed by atoms with van der Waals surface area (Å²) in [5.74, 6) is -1.02. The van der Waals surface area contributed by atoms with Crippen LogP contribution in [-0.2, 0) is 16.2 Å². The van der Waals surface area contributed by atoms with Gasteiger partial charge in [0.15, 0.2) is 11.5 Å². The number of hydrogen-bond donors (Lipinski definition) is 1. The average Bonchev–Trinajstić information content (AvgIpc) is 2.83. The summed E-state index contributed by atoms with van der Waals surface area (Å²) in [6.45, 7) is 4.00. The van der Waals surface area contributed by atoms with Gasteiger partial charge in [-0.3, -0.25) is 14.9 Å². The number of aryl methyl sites for hydroxylation is 2. The van der Waals surface area contributed by atoms with Crippen LogP contribution >= 0.6 is 0 Å². The molecule has 1 heterocycles. The molecule has 4 rings (SSSR count). The van der Waals surface area contributed by atoms with Gasteiger partial charge in [-0.2, -0.15) is 0 Å². The lowest BCUT2D eigenvalue weighted by Gasteiger charge is -2.26. The molecule has 1 fully saturated rings. The third-order valence-electron chi connectivity index (χ3n) is 5.66. The van der Waals surface area contributed by atoms with Gasteiger partial charge in [-0.05, 0) is 78.6 Å². The summed E-state index contributed by atoms with van der Waals surface area (Å²) in [6.07, 6.45) is 1.39. The number of imide groups is 2. The van der Waals surface area contributed by atoms with Crippen LogP contribution in [0.25, 0.3) is 6.08 Å². The van der Waals surface area contributed by atoms with E-state index in [2.05, 4.69) is 5.32 Å². The molecule has 0 saturated carbocycles. The number of barbiturate groups is 1. The molecule has 0 radical (unpaired) electrons. The Kier molecular flexibility index (Phi) is 6.64. The van der Waals surface area contributed by atoms with Crippen molar-refractivity contribution in [3.8, 4) is 11.5 Å². The van der Waals surface area contributed by atoms with Crippen LogP contribution in [0.15, 0.2) is 66.2 Å². The van der Waals surface area contributed by atoms with Crippen LogP contribution in [0.3, 0.4) is 0 Å². The van der Waals surface area contributed by atoms with E-state index in [1.54, 1.807) is 48.5 Å². The van der Waals surface area contributed by atoms with Gasteiger partial charge in [0, 0.05) is 0 Å². The number of amides is 4. The molecule has 35 heavy (non-hydrogen) atoms. The van der Waals surface area contributed by atoms with Crippen LogP contribution in [0, 0.1) is 19.7 Å². The Balaban J connectivity index is 1.59. The molecule has 0 atom stereocenters. The van der Waals surface area contributed by atoms with Crippen molar-refractivity contribution in [3.05, 3.63) is 94.3 Å². The molecule has 8 heteroatoms. The summed E-state index contributed by atoms with van der Waals surface area (Å²) in [7, 11) is 1.47. The van der Waals surface area contributed by atoms with Gasteiger partial charge in [-0.25, -0.2) is 14.1 Å². The van der Waals surface area contributed by atoms with E-state index in [0.29, 0.717) is 22.7 Å². The van der Waals surface area contributed by atoms with Crippen molar-refractivity contribution in [3.63, 3.8) is 0 Å². The lowest BCUT2D eigenvalue weighted by atomic mass is 10.0. The molecule has 0 spiro atoms. The second kappa shape index (κ2) is 9.80. The predicted octanol–water partition coefficient (Wildman–Crippen LogP) is 4.70. The van der Waals surface area contributed by atoms with E-state index in [1.165, 1.54) is 25.3 Å². The maximum atomic E-state index is 13.1. The summed E-state index contributed by atoms with van der Waals surface area (Å²) in [5, 5.41) is 2.22. The van der Waals surface area contributed by atoms with Gasteiger partial charge in [-0.15, -0.1) is 0 Å². The topological polar surface area (TPSA) is 84.9 Å². The Hall–Kier alpha value is -4.46. The molecule has 0 aliphatic carbocycles. The monoisotopic (exact) mass is 474 g/mol. The molecule has 1 aliphatic rings. The molecular formula is C27H23FN2O5. The predicted molar refractivity (Wildman–Crippen MR) is 129 cm³/mol. The fourth-order valence-electron chi connectivity index (χ4n) is 3.56. The molecule has 4 amide bonds. The highest BCUT2D eigenvalue weighted by Gasteiger charge is 2.36. The molecular weight excluding hydrogens is 451 g/mol. The lowest BCUT2D eigenvalue weighted by Crippen LogP contribution is -2.54. The Labute approximate surface area is 201 Å². The first-order valence-electron chi connectivity index (χ1n) is 10.8. The van der Waals surface area contributed by atoms with Gasteiger partial charge in [0.1, 0.15) is 18.0 Å². The number of anilines is 1. The van der Waals surface area contributed by atoms with Gasteiger partial charge in [0.05, 0.1) is 12.8 Å². The van der Waals surface area contributed by atoms with Crippen molar-refractivity contribution in [2.75, 3.05) is 12.0 Å². The van der Waals surface area contributed by atoms with Crippen LogP contribution in [0.4, 0.5) is 14.9 Å². The number of rotatable bonds is 6. The molecule has 0 bridgehead atoms.